The van der Waals surface area contributed by atoms with Crippen LogP contribution in [0.1, 0.15) is 11.5 Å². The van der Waals surface area contributed by atoms with Crippen molar-refractivity contribution in [2.45, 2.75) is 13.5 Å². The molecular weight excluding hydrogens is 368 g/mol. The minimum Gasteiger partial charge on any atom is -0.465 e. The van der Waals surface area contributed by atoms with Gasteiger partial charge < -0.3 is 19.2 Å². The zero-order valence-corrected chi connectivity index (χ0v) is 15.8. The molecular formula is C22H18N4O3. The van der Waals surface area contributed by atoms with Gasteiger partial charge in [-0.1, -0.05) is 6.07 Å². The third-order valence-electron chi connectivity index (χ3n) is 4.62. The number of hydrogen-bond donors (Lipinski definition) is 1. The summed E-state index contributed by atoms with van der Waals surface area (Å²) in [5.74, 6) is 3.67. The lowest BCUT2D eigenvalue weighted by molar-refractivity contribution is 0.174. The smallest absolute Gasteiger partial charge is 0.231 e. The first-order chi connectivity index (χ1) is 14.3. The number of pyridine rings is 1. The topological polar surface area (TPSA) is 82.3 Å². The maximum Gasteiger partial charge on any atom is 0.231 e. The summed E-state index contributed by atoms with van der Waals surface area (Å²) < 4.78 is 16.5. The molecule has 0 saturated carbocycles. The van der Waals surface area contributed by atoms with E-state index < -0.39 is 0 Å². The molecule has 0 atom stereocenters. The number of furan rings is 1. The fraction of sp³-hybridized carbons (Fsp3) is 0.136. The molecule has 4 heterocycles. The summed E-state index contributed by atoms with van der Waals surface area (Å²) >= 11 is 0. The molecule has 144 valence electrons. The van der Waals surface area contributed by atoms with Gasteiger partial charge in [-0.15, -0.1) is 0 Å². The van der Waals surface area contributed by atoms with Crippen LogP contribution in [0, 0.1) is 6.92 Å². The molecule has 29 heavy (non-hydrogen) atoms. The fourth-order valence-corrected chi connectivity index (χ4v) is 3.21. The Kier molecular flexibility index (Phi) is 4.32. The number of benzene rings is 1. The van der Waals surface area contributed by atoms with Gasteiger partial charge in [-0.05, 0) is 48.9 Å². The highest BCUT2D eigenvalue weighted by atomic mass is 16.7. The minimum atomic E-state index is 0.236. The van der Waals surface area contributed by atoms with Crippen molar-refractivity contribution in [3.63, 3.8) is 0 Å². The molecule has 0 amide bonds. The van der Waals surface area contributed by atoms with Gasteiger partial charge in [0.05, 0.1) is 12.2 Å². The fourth-order valence-electron chi connectivity index (χ4n) is 3.21. The highest BCUT2D eigenvalue weighted by Crippen LogP contribution is 2.38. The highest BCUT2D eigenvalue weighted by Gasteiger charge is 2.17. The van der Waals surface area contributed by atoms with Crippen LogP contribution < -0.4 is 14.8 Å². The molecule has 7 nitrogen and oxygen atoms in total. The number of hydrogen-bond acceptors (Lipinski definition) is 7. The summed E-state index contributed by atoms with van der Waals surface area (Å²) in [5, 5.41) is 3.22. The van der Waals surface area contributed by atoms with E-state index in [1.807, 2.05) is 55.6 Å². The predicted molar refractivity (Wildman–Crippen MR) is 108 cm³/mol. The Balaban J connectivity index is 1.52. The molecule has 0 spiro atoms. The third kappa shape index (κ3) is 3.50. The summed E-state index contributed by atoms with van der Waals surface area (Å²) in [6.07, 6.45) is 5.34. The SMILES string of the molecule is Cc1ccc(CNc2ncc(-c3ccc4c(c3)OCO4)c(-c3cccnc3)n2)o1. The van der Waals surface area contributed by atoms with Crippen molar-refractivity contribution in [2.24, 2.45) is 0 Å². The van der Waals surface area contributed by atoms with Gasteiger partial charge in [-0.3, -0.25) is 4.98 Å². The number of aryl methyl sites for hydroxylation is 1. The van der Waals surface area contributed by atoms with Crippen molar-refractivity contribution in [1.82, 2.24) is 15.0 Å². The van der Waals surface area contributed by atoms with E-state index in [4.69, 9.17) is 18.9 Å². The molecule has 0 fully saturated rings. The molecule has 1 N–H and O–H groups in total. The van der Waals surface area contributed by atoms with E-state index in [9.17, 15) is 0 Å². The molecule has 1 aliphatic heterocycles. The third-order valence-corrected chi connectivity index (χ3v) is 4.62. The maximum atomic E-state index is 5.60. The van der Waals surface area contributed by atoms with Crippen molar-refractivity contribution in [2.75, 3.05) is 12.1 Å². The largest absolute Gasteiger partial charge is 0.465 e. The van der Waals surface area contributed by atoms with Gasteiger partial charge in [0.1, 0.15) is 11.5 Å². The summed E-state index contributed by atoms with van der Waals surface area (Å²) in [6, 6.07) is 13.6. The molecule has 1 aromatic carbocycles. The van der Waals surface area contributed by atoms with Crippen molar-refractivity contribution in [1.29, 1.82) is 0 Å². The molecule has 1 aliphatic rings. The molecule has 7 heteroatoms. The van der Waals surface area contributed by atoms with E-state index in [1.54, 1.807) is 12.4 Å². The number of aromatic nitrogens is 3. The van der Waals surface area contributed by atoms with Gasteiger partial charge in [0.15, 0.2) is 11.5 Å². The second-order valence-electron chi connectivity index (χ2n) is 6.63. The molecule has 0 radical (unpaired) electrons. The van der Waals surface area contributed by atoms with Crippen LogP contribution in [0.15, 0.2) is 65.5 Å². The normalized spacial score (nSPS) is 12.2. The molecule has 3 aromatic heterocycles. The van der Waals surface area contributed by atoms with Crippen LogP contribution >= 0.6 is 0 Å². The first-order valence-electron chi connectivity index (χ1n) is 9.23. The number of rotatable bonds is 5. The van der Waals surface area contributed by atoms with E-state index in [-0.39, 0.29) is 6.79 Å². The summed E-state index contributed by atoms with van der Waals surface area (Å²) in [5.41, 5.74) is 3.52. The van der Waals surface area contributed by atoms with Crippen molar-refractivity contribution in [3.8, 4) is 33.9 Å². The van der Waals surface area contributed by atoms with E-state index in [0.717, 1.165) is 45.4 Å². The lowest BCUT2D eigenvalue weighted by Gasteiger charge is -2.12. The number of nitrogens with one attached hydrogen (secondary N) is 1. The molecule has 5 rings (SSSR count). The molecule has 4 aromatic rings. The minimum absolute atomic E-state index is 0.236. The van der Waals surface area contributed by atoms with Crippen molar-refractivity contribution < 1.29 is 13.9 Å². The zero-order valence-electron chi connectivity index (χ0n) is 15.8. The Morgan fingerprint density at radius 1 is 1.00 bits per heavy atom. The van der Waals surface area contributed by atoms with E-state index in [1.165, 1.54) is 0 Å². The highest BCUT2D eigenvalue weighted by molar-refractivity contribution is 5.81. The Morgan fingerprint density at radius 3 is 2.76 bits per heavy atom. The standard InChI is InChI=1S/C22H18N4O3/c1-14-4-6-17(29-14)11-24-22-25-12-18(21(26-22)16-3-2-8-23-10-16)15-5-7-19-20(9-15)28-13-27-19/h2-10,12H,11,13H2,1H3,(H,24,25,26). The first-order valence-corrected chi connectivity index (χ1v) is 9.23. The Hall–Kier alpha value is -3.87. The van der Waals surface area contributed by atoms with Crippen molar-refractivity contribution >= 4 is 5.95 Å². The lowest BCUT2D eigenvalue weighted by Crippen LogP contribution is -2.04. The summed E-state index contributed by atoms with van der Waals surface area (Å²) in [4.78, 5) is 13.5. The Bertz CT molecular complexity index is 1160. The average molecular weight is 386 g/mol. The molecule has 0 saturated heterocycles. The van der Waals surface area contributed by atoms with Gasteiger partial charge >= 0.3 is 0 Å². The van der Waals surface area contributed by atoms with Crippen LogP contribution in [0.2, 0.25) is 0 Å². The predicted octanol–water partition coefficient (Wildman–Crippen LogP) is 4.45. The van der Waals surface area contributed by atoms with Crippen molar-refractivity contribution in [3.05, 3.63) is 72.6 Å². The average Bonchev–Trinajstić information content (AvgIpc) is 3.40. The van der Waals surface area contributed by atoms with Crippen LogP contribution in [-0.2, 0) is 6.54 Å². The number of anilines is 1. The maximum absolute atomic E-state index is 5.60. The molecule has 0 bridgehead atoms. The quantitative estimate of drug-likeness (QED) is 0.543. The van der Waals surface area contributed by atoms with Crippen LogP contribution in [0.25, 0.3) is 22.4 Å². The second kappa shape index (κ2) is 7.27. The van der Waals surface area contributed by atoms with Crippen LogP contribution in [0.3, 0.4) is 0 Å². The second-order valence-corrected chi connectivity index (χ2v) is 6.63. The molecule has 0 aliphatic carbocycles. The number of ether oxygens (including phenoxy) is 2. The Labute approximate surface area is 167 Å². The van der Waals surface area contributed by atoms with Gasteiger partial charge in [0.25, 0.3) is 0 Å². The number of nitrogens with zero attached hydrogens (tertiary/aromatic N) is 3. The van der Waals surface area contributed by atoms with E-state index in [2.05, 4.69) is 15.3 Å². The van der Waals surface area contributed by atoms with Crippen LogP contribution in [-0.4, -0.2) is 21.7 Å². The monoisotopic (exact) mass is 386 g/mol. The summed E-state index contributed by atoms with van der Waals surface area (Å²) in [6.45, 7) is 2.66. The summed E-state index contributed by atoms with van der Waals surface area (Å²) in [7, 11) is 0. The van der Waals surface area contributed by atoms with Gasteiger partial charge in [0.2, 0.25) is 12.7 Å². The Morgan fingerprint density at radius 2 is 1.93 bits per heavy atom. The lowest BCUT2D eigenvalue weighted by atomic mass is 10.0. The van der Waals surface area contributed by atoms with Gasteiger partial charge in [-0.25, -0.2) is 9.97 Å². The molecule has 0 unspecified atom stereocenters. The van der Waals surface area contributed by atoms with Crippen LogP contribution in [0.4, 0.5) is 5.95 Å². The van der Waals surface area contributed by atoms with Crippen LogP contribution in [0.5, 0.6) is 11.5 Å². The van der Waals surface area contributed by atoms with E-state index >= 15 is 0 Å². The van der Waals surface area contributed by atoms with E-state index in [0.29, 0.717) is 12.5 Å². The first kappa shape index (κ1) is 17.2. The van der Waals surface area contributed by atoms with Gasteiger partial charge in [0, 0.05) is 29.7 Å². The zero-order chi connectivity index (χ0) is 19.6. The van der Waals surface area contributed by atoms with Gasteiger partial charge in [-0.2, -0.15) is 0 Å². The number of fused-ring (bicyclic) bond motifs is 1.